The summed E-state index contributed by atoms with van der Waals surface area (Å²) >= 11 is 1.40. The number of hydrogen-bond acceptors (Lipinski definition) is 5. The molecule has 24 heavy (non-hydrogen) atoms. The third-order valence-corrected chi connectivity index (χ3v) is 7.12. The number of rotatable bonds is 5. The topological polar surface area (TPSA) is 72.3 Å². The van der Waals surface area contributed by atoms with Crippen LogP contribution in [0.5, 0.6) is 0 Å². The van der Waals surface area contributed by atoms with Crippen molar-refractivity contribution in [2.24, 2.45) is 0 Å². The Labute approximate surface area is 146 Å². The lowest BCUT2D eigenvalue weighted by molar-refractivity contribution is -0.128. The number of carbonyl (C=O) groups excluding carboxylic acids is 1. The summed E-state index contributed by atoms with van der Waals surface area (Å²) in [7, 11) is -1.29. The van der Waals surface area contributed by atoms with E-state index in [0.717, 1.165) is 22.7 Å². The van der Waals surface area contributed by atoms with Gasteiger partial charge in [0.15, 0.2) is 15.0 Å². The number of benzene rings is 1. The molecule has 2 aromatic rings. The zero-order chi connectivity index (χ0) is 17.3. The summed E-state index contributed by atoms with van der Waals surface area (Å²) in [5.41, 5.74) is 1.98. The van der Waals surface area contributed by atoms with Gasteiger partial charge in [0.1, 0.15) is 0 Å². The highest BCUT2D eigenvalue weighted by atomic mass is 32.2. The Morgan fingerprint density at radius 1 is 1.42 bits per heavy atom. The van der Waals surface area contributed by atoms with Gasteiger partial charge in [0.25, 0.3) is 0 Å². The Hall–Kier alpha value is -1.54. The first kappa shape index (κ1) is 17.3. The summed E-state index contributed by atoms with van der Waals surface area (Å²) in [5.74, 6) is 0.453. The first-order chi connectivity index (χ1) is 11.4. The third kappa shape index (κ3) is 3.44. The minimum absolute atomic E-state index is 0.0585. The highest BCUT2D eigenvalue weighted by molar-refractivity contribution is 7.99. The van der Waals surface area contributed by atoms with Crippen LogP contribution in [0.15, 0.2) is 29.4 Å². The van der Waals surface area contributed by atoms with Crippen LogP contribution in [0.1, 0.15) is 13.3 Å². The fourth-order valence-corrected chi connectivity index (χ4v) is 5.76. The molecule has 0 bridgehead atoms. The molecule has 1 amide bonds. The van der Waals surface area contributed by atoms with Gasteiger partial charge < -0.3 is 9.47 Å². The predicted octanol–water partition coefficient (Wildman–Crippen LogP) is 1.79. The number of carbonyl (C=O) groups is 1. The van der Waals surface area contributed by atoms with E-state index in [-0.39, 0.29) is 29.2 Å². The van der Waals surface area contributed by atoms with Crippen molar-refractivity contribution in [3.05, 3.63) is 24.3 Å². The van der Waals surface area contributed by atoms with E-state index in [1.165, 1.54) is 11.8 Å². The van der Waals surface area contributed by atoms with Crippen LogP contribution < -0.4 is 0 Å². The molecule has 0 spiro atoms. The van der Waals surface area contributed by atoms with Gasteiger partial charge in [-0.3, -0.25) is 4.79 Å². The molecule has 6 nitrogen and oxygen atoms in total. The van der Waals surface area contributed by atoms with Crippen molar-refractivity contribution in [2.75, 3.05) is 24.3 Å². The van der Waals surface area contributed by atoms with Crippen LogP contribution in [0.2, 0.25) is 0 Å². The minimum Gasteiger partial charge on any atom is -0.341 e. The molecule has 1 aromatic carbocycles. The number of hydrogen-bond donors (Lipinski definition) is 0. The van der Waals surface area contributed by atoms with Crippen LogP contribution in [0.3, 0.4) is 0 Å². The van der Waals surface area contributed by atoms with Gasteiger partial charge in [0, 0.05) is 19.6 Å². The van der Waals surface area contributed by atoms with Crippen molar-refractivity contribution >= 4 is 38.5 Å². The second kappa shape index (κ2) is 6.76. The second-order valence-electron chi connectivity index (χ2n) is 5.98. The number of imidazole rings is 1. The fourth-order valence-electron chi connectivity index (χ4n) is 2.98. The zero-order valence-corrected chi connectivity index (χ0v) is 15.4. The number of sulfone groups is 1. The third-order valence-electron chi connectivity index (χ3n) is 4.41. The molecule has 0 saturated carbocycles. The van der Waals surface area contributed by atoms with Crippen LogP contribution in [-0.4, -0.2) is 59.1 Å². The van der Waals surface area contributed by atoms with E-state index in [9.17, 15) is 13.2 Å². The minimum atomic E-state index is -2.99. The maximum atomic E-state index is 12.4. The normalized spacial score (nSPS) is 19.7. The number of fused-ring (bicyclic) bond motifs is 1. The number of nitrogens with zero attached hydrogens (tertiary/aromatic N) is 3. The molecule has 0 radical (unpaired) electrons. The number of aromatic nitrogens is 2. The molecule has 0 aliphatic carbocycles. The maximum absolute atomic E-state index is 12.4. The predicted molar refractivity (Wildman–Crippen MR) is 96.0 cm³/mol. The van der Waals surface area contributed by atoms with Gasteiger partial charge in [-0.2, -0.15) is 0 Å². The van der Waals surface area contributed by atoms with Crippen molar-refractivity contribution in [1.29, 1.82) is 0 Å². The Morgan fingerprint density at radius 3 is 2.83 bits per heavy atom. The summed E-state index contributed by atoms with van der Waals surface area (Å²) in [6.45, 7) is 2.84. The fraction of sp³-hybridized carbons (Fsp3) is 0.500. The van der Waals surface area contributed by atoms with E-state index in [2.05, 4.69) is 16.5 Å². The smallest absolute Gasteiger partial charge is 0.233 e. The highest BCUT2D eigenvalue weighted by Crippen LogP contribution is 2.25. The van der Waals surface area contributed by atoms with Crippen molar-refractivity contribution in [3.63, 3.8) is 0 Å². The van der Waals surface area contributed by atoms with Crippen molar-refractivity contribution in [3.8, 4) is 0 Å². The van der Waals surface area contributed by atoms with Gasteiger partial charge >= 0.3 is 0 Å². The molecule has 0 N–H and O–H groups in total. The number of amides is 1. The standard InChI is InChI=1S/C16H21N3O3S2/c1-3-19-14-7-5-4-6-13(14)17-16(19)23-10-15(20)18(2)12-8-9-24(21,22)11-12/h4-7,12H,3,8-11H2,1-2H3. The summed E-state index contributed by atoms with van der Waals surface area (Å²) < 4.78 is 25.2. The van der Waals surface area contributed by atoms with E-state index in [0.29, 0.717) is 6.42 Å². The molecule has 3 rings (SSSR count). The van der Waals surface area contributed by atoms with Crippen molar-refractivity contribution in [2.45, 2.75) is 31.1 Å². The van der Waals surface area contributed by atoms with Gasteiger partial charge in [0.2, 0.25) is 5.91 Å². The summed E-state index contributed by atoms with van der Waals surface area (Å²) in [6.07, 6.45) is 0.530. The second-order valence-corrected chi connectivity index (χ2v) is 9.15. The molecule has 1 aliphatic rings. The molecule has 8 heteroatoms. The Kier molecular flexibility index (Phi) is 4.87. The van der Waals surface area contributed by atoms with Gasteiger partial charge in [-0.1, -0.05) is 23.9 Å². The molecule has 1 aromatic heterocycles. The van der Waals surface area contributed by atoms with Crippen LogP contribution in [0.4, 0.5) is 0 Å². The molecule has 1 fully saturated rings. The van der Waals surface area contributed by atoms with E-state index < -0.39 is 9.84 Å². The molecular formula is C16H21N3O3S2. The molecule has 1 aliphatic heterocycles. The maximum Gasteiger partial charge on any atom is 0.233 e. The first-order valence-corrected chi connectivity index (χ1v) is 10.8. The number of para-hydroxylation sites is 2. The molecule has 1 unspecified atom stereocenters. The average molecular weight is 367 g/mol. The van der Waals surface area contributed by atoms with Gasteiger partial charge in [-0.15, -0.1) is 0 Å². The molecule has 1 saturated heterocycles. The lowest BCUT2D eigenvalue weighted by Gasteiger charge is -2.23. The zero-order valence-electron chi connectivity index (χ0n) is 13.8. The van der Waals surface area contributed by atoms with E-state index >= 15 is 0 Å². The number of thioether (sulfide) groups is 1. The quantitative estimate of drug-likeness (QED) is 0.754. The summed E-state index contributed by atoms with van der Waals surface area (Å²) in [5, 5.41) is 0.819. The molecular weight excluding hydrogens is 346 g/mol. The van der Waals surface area contributed by atoms with Crippen molar-refractivity contribution < 1.29 is 13.2 Å². The average Bonchev–Trinajstić information content (AvgIpc) is 3.11. The Balaban J connectivity index is 1.68. The molecule has 1 atom stereocenters. The van der Waals surface area contributed by atoms with Crippen LogP contribution in [0.25, 0.3) is 11.0 Å². The first-order valence-electron chi connectivity index (χ1n) is 7.95. The largest absolute Gasteiger partial charge is 0.341 e. The van der Waals surface area contributed by atoms with E-state index in [4.69, 9.17) is 0 Å². The molecule has 130 valence electrons. The van der Waals surface area contributed by atoms with Gasteiger partial charge in [0.05, 0.1) is 28.3 Å². The van der Waals surface area contributed by atoms with Gasteiger partial charge in [-0.05, 0) is 25.5 Å². The SMILES string of the molecule is CCn1c(SCC(=O)N(C)C2CCS(=O)(=O)C2)nc2ccccc21. The Morgan fingerprint density at radius 2 is 2.17 bits per heavy atom. The summed E-state index contributed by atoms with van der Waals surface area (Å²) in [6, 6.07) is 7.71. The van der Waals surface area contributed by atoms with Gasteiger partial charge in [-0.25, -0.2) is 13.4 Å². The van der Waals surface area contributed by atoms with E-state index in [1.807, 2.05) is 24.3 Å². The number of aryl methyl sites for hydroxylation is 1. The van der Waals surface area contributed by atoms with Crippen molar-refractivity contribution in [1.82, 2.24) is 14.5 Å². The lowest BCUT2D eigenvalue weighted by Crippen LogP contribution is -2.38. The van der Waals surface area contributed by atoms with Crippen LogP contribution in [-0.2, 0) is 21.2 Å². The highest BCUT2D eigenvalue weighted by Gasteiger charge is 2.32. The van der Waals surface area contributed by atoms with Crippen LogP contribution >= 0.6 is 11.8 Å². The van der Waals surface area contributed by atoms with Crippen LogP contribution in [0, 0.1) is 0 Å². The molecule has 2 heterocycles. The van der Waals surface area contributed by atoms with E-state index in [1.54, 1.807) is 11.9 Å². The Bertz CT molecular complexity index is 861. The monoisotopic (exact) mass is 367 g/mol. The summed E-state index contributed by atoms with van der Waals surface area (Å²) in [4.78, 5) is 18.6. The lowest BCUT2D eigenvalue weighted by atomic mass is 10.2.